The molecule has 15 heavy (non-hydrogen) atoms. The van der Waals surface area contributed by atoms with Gasteiger partial charge in [0.15, 0.2) is 0 Å². The van der Waals surface area contributed by atoms with Crippen molar-refractivity contribution in [2.75, 3.05) is 0 Å². The molecule has 0 aromatic heterocycles. The Hall–Kier alpha value is -0.530. The Morgan fingerprint density at radius 2 is 1.60 bits per heavy atom. The molecule has 0 rings (SSSR count). The molecule has 0 bridgehead atoms. The number of ether oxygens (including phenoxy) is 1. The lowest BCUT2D eigenvalue weighted by molar-refractivity contribution is -0.147. The molecule has 0 aliphatic rings. The summed E-state index contributed by atoms with van der Waals surface area (Å²) in [6.07, 6.45) is 6.50. The Balaban J connectivity index is 3.72. The zero-order valence-corrected chi connectivity index (χ0v) is 10.7. The van der Waals surface area contributed by atoms with Gasteiger partial charge < -0.3 is 4.74 Å². The summed E-state index contributed by atoms with van der Waals surface area (Å²) in [6, 6.07) is 0. The van der Waals surface area contributed by atoms with E-state index in [1.165, 1.54) is 25.7 Å². The van der Waals surface area contributed by atoms with Crippen LogP contribution in [0.15, 0.2) is 0 Å². The van der Waals surface area contributed by atoms with Gasteiger partial charge in [0, 0.05) is 6.42 Å². The molecule has 0 N–H and O–H groups in total. The number of carbonyl (C=O) groups excluding carboxylic acids is 1. The van der Waals surface area contributed by atoms with Gasteiger partial charge >= 0.3 is 5.97 Å². The van der Waals surface area contributed by atoms with E-state index in [2.05, 4.69) is 13.8 Å². The van der Waals surface area contributed by atoms with Gasteiger partial charge in [-0.2, -0.15) is 0 Å². The zero-order chi connectivity index (χ0) is 11.7. The number of hydrogen-bond acceptors (Lipinski definition) is 2. The summed E-state index contributed by atoms with van der Waals surface area (Å²) in [4.78, 5) is 11.3. The first-order chi connectivity index (χ1) is 7.10. The van der Waals surface area contributed by atoms with Crippen molar-refractivity contribution in [2.24, 2.45) is 5.92 Å². The summed E-state index contributed by atoms with van der Waals surface area (Å²) >= 11 is 0. The smallest absolute Gasteiger partial charge is 0.306 e. The fraction of sp³-hybridized carbons (Fsp3) is 0.923. The number of hydrogen-bond donors (Lipinski definition) is 0. The second-order valence-corrected chi connectivity index (χ2v) is 4.52. The lowest BCUT2D eigenvalue weighted by Crippen LogP contribution is -2.13. The maximum absolute atomic E-state index is 11.3. The molecule has 0 radical (unpaired) electrons. The van der Waals surface area contributed by atoms with E-state index >= 15 is 0 Å². The highest BCUT2D eigenvalue weighted by atomic mass is 16.5. The van der Waals surface area contributed by atoms with Gasteiger partial charge in [0.2, 0.25) is 0 Å². The van der Waals surface area contributed by atoms with Gasteiger partial charge in [0.25, 0.3) is 0 Å². The van der Waals surface area contributed by atoms with Gasteiger partial charge in [-0.05, 0) is 26.2 Å². The second kappa shape index (κ2) is 8.75. The van der Waals surface area contributed by atoms with Crippen molar-refractivity contribution >= 4 is 5.97 Å². The molecule has 0 aliphatic heterocycles. The van der Waals surface area contributed by atoms with Crippen LogP contribution in [0.2, 0.25) is 0 Å². The third-order valence-electron chi connectivity index (χ3n) is 2.52. The van der Waals surface area contributed by atoms with E-state index < -0.39 is 0 Å². The van der Waals surface area contributed by atoms with Crippen molar-refractivity contribution in [3.63, 3.8) is 0 Å². The predicted octanol–water partition coefficient (Wildman–Crippen LogP) is 3.93. The van der Waals surface area contributed by atoms with E-state index in [-0.39, 0.29) is 12.1 Å². The highest BCUT2D eigenvalue weighted by Gasteiger charge is 2.11. The molecular formula is C13H26O2. The summed E-state index contributed by atoms with van der Waals surface area (Å²) in [6.45, 7) is 8.20. The summed E-state index contributed by atoms with van der Waals surface area (Å²) in [5.41, 5.74) is 0. The molecule has 0 aromatic rings. The summed E-state index contributed by atoms with van der Waals surface area (Å²) in [5.74, 6) is 0.668. The van der Waals surface area contributed by atoms with Crippen LogP contribution in [0, 0.1) is 5.92 Å². The van der Waals surface area contributed by atoms with E-state index in [1.54, 1.807) is 0 Å². The molecule has 0 unspecified atom stereocenters. The number of rotatable bonds is 8. The van der Waals surface area contributed by atoms with Gasteiger partial charge in [-0.25, -0.2) is 0 Å². The molecular weight excluding hydrogens is 188 g/mol. The predicted molar refractivity (Wildman–Crippen MR) is 63.8 cm³/mol. The van der Waals surface area contributed by atoms with E-state index in [0.717, 1.165) is 6.42 Å². The average molecular weight is 214 g/mol. The van der Waals surface area contributed by atoms with E-state index in [0.29, 0.717) is 12.3 Å². The van der Waals surface area contributed by atoms with E-state index in [9.17, 15) is 4.79 Å². The third kappa shape index (κ3) is 8.46. The molecule has 0 spiro atoms. The quantitative estimate of drug-likeness (QED) is 0.572. The Kier molecular flexibility index (Phi) is 8.44. The summed E-state index contributed by atoms with van der Waals surface area (Å²) < 4.78 is 5.12. The van der Waals surface area contributed by atoms with Crippen LogP contribution in [-0.4, -0.2) is 12.1 Å². The molecule has 2 nitrogen and oxygen atoms in total. The van der Waals surface area contributed by atoms with Crippen LogP contribution in [0.3, 0.4) is 0 Å². The Bertz CT molecular complexity index is 158. The minimum Gasteiger partial charge on any atom is -0.463 e. The Morgan fingerprint density at radius 3 is 2.00 bits per heavy atom. The molecule has 2 heteroatoms. The lowest BCUT2D eigenvalue weighted by Gasteiger charge is -2.15. The van der Waals surface area contributed by atoms with Crippen molar-refractivity contribution in [2.45, 2.75) is 72.3 Å². The fourth-order valence-corrected chi connectivity index (χ4v) is 1.89. The minimum atomic E-state index is -0.0396. The van der Waals surface area contributed by atoms with Gasteiger partial charge in [-0.1, -0.05) is 39.5 Å². The number of esters is 1. The van der Waals surface area contributed by atoms with Crippen LogP contribution in [0.1, 0.15) is 66.2 Å². The zero-order valence-electron chi connectivity index (χ0n) is 10.7. The van der Waals surface area contributed by atoms with Crippen LogP contribution in [-0.2, 0) is 9.53 Å². The first-order valence-corrected chi connectivity index (χ1v) is 6.29. The minimum absolute atomic E-state index is 0.0216. The Morgan fingerprint density at radius 1 is 1.07 bits per heavy atom. The monoisotopic (exact) mass is 214 g/mol. The maximum atomic E-state index is 11.3. The average Bonchev–Trinajstić information content (AvgIpc) is 2.14. The highest BCUT2D eigenvalue weighted by Crippen LogP contribution is 2.19. The van der Waals surface area contributed by atoms with Crippen LogP contribution >= 0.6 is 0 Å². The van der Waals surface area contributed by atoms with Gasteiger partial charge in [-0.15, -0.1) is 0 Å². The van der Waals surface area contributed by atoms with Crippen molar-refractivity contribution in [3.05, 3.63) is 0 Å². The highest BCUT2D eigenvalue weighted by molar-refractivity contribution is 5.69. The molecule has 90 valence electrons. The topological polar surface area (TPSA) is 26.3 Å². The van der Waals surface area contributed by atoms with Crippen LogP contribution < -0.4 is 0 Å². The van der Waals surface area contributed by atoms with Crippen molar-refractivity contribution in [1.29, 1.82) is 0 Å². The molecule has 0 saturated heterocycles. The van der Waals surface area contributed by atoms with Gasteiger partial charge in [-0.3, -0.25) is 4.79 Å². The van der Waals surface area contributed by atoms with E-state index in [4.69, 9.17) is 4.74 Å². The molecule has 0 aromatic carbocycles. The van der Waals surface area contributed by atoms with Crippen molar-refractivity contribution < 1.29 is 9.53 Å². The van der Waals surface area contributed by atoms with E-state index in [1.807, 2.05) is 13.8 Å². The fourth-order valence-electron chi connectivity index (χ4n) is 1.89. The Labute approximate surface area is 94.4 Å². The van der Waals surface area contributed by atoms with Crippen LogP contribution in [0.25, 0.3) is 0 Å². The standard InChI is InChI=1S/C13H26O2/c1-5-7-12(8-6-2)9-10-13(14)15-11(3)4/h11-12H,5-10H2,1-4H3. The third-order valence-corrected chi connectivity index (χ3v) is 2.52. The van der Waals surface area contributed by atoms with Crippen molar-refractivity contribution in [3.8, 4) is 0 Å². The molecule has 0 saturated carbocycles. The van der Waals surface area contributed by atoms with Gasteiger partial charge in [0.05, 0.1) is 6.10 Å². The normalized spacial score (nSPS) is 11.1. The molecule has 0 atom stereocenters. The van der Waals surface area contributed by atoms with Crippen LogP contribution in [0.4, 0.5) is 0 Å². The largest absolute Gasteiger partial charge is 0.463 e. The lowest BCUT2D eigenvalue weighted by atomic mass is 9.93. The number of carbonyl (C=O) groups is 1. The molecule has 0 fully saturated rings. The molecule has 0 aliphatic carbocycles. The SMILES string of the molecule is CCCC(CCC)CCC(=O)OC(C)C. The first-order valence-electron chi connectivity index (χ1n) is 6.29. The maximum Gasteiger partial charge on any atom is 0.306 e. The van der Waals surface area contributed by atoms with Gasteiger partial charge in [0.1, 0.15) is 0 Å². The second-order valence-electron chi connectivity index (χ2n) is 4.52. The molecule has 0 heterocycles. The molecule has 0 amide bonds. The van der Waals surface area contributed by atoms with Crippen LogP contribution in [0.5, 0.6) is 0 Å². The summed E-state index contributed by atoms with van der Waals surface area (Å²) in [5, 5.41) is 0. The van der Waals surface area contributed by atoms with Crippen molar-refractivity contribution in [1.82, 2.24) is 0 Å². The summed E-state index contributed by atoms with van der Waals surface area (Å²) in [7, 11) is 0. The first kappa shape index (κ1) is 14.5.